The zero-order chi connectivity index (χ0) is 23.4. The highest BCUT2D eigenvalue weighted by atomic mass is 19.1. The molecule has 0 spiro atoms. The Morgan fingerprint density at radius 2 is 1.91 bits per heavy atom. The van der Waals surface area contributed by atoms with Crippen molar-refractivity contribution in [1.82, 2.24) is 9.80 Å². The largest absolute Gasteiger partial charge is 0.507 e. The van der Waals surface area contributed by atoms with Crippen LogP contribution >= 0.6 is 0 Å². The molecule has 0 aromatic heterocycles. The number of aliphatic hydroxyl groups excluding tert-OH is 1. The summed E-state index contributed by atoms with van der Waals surface area (Å²) in [4.78, 5) is 29.1. The molecule has 0 radical (unpaired) electrons. The lowest BCUT2D eigenvalue weighted by molar-refractivity contribution is -0.140. The number of rotatable bonds is 8. The van der Waals surface area contributed by atoms with E-state index in [1.54, 1.807) is 30.3 Å². The molecule has 7 heteroatoms. The Labute approximate surface area is 187 Å². The summed E-state index contributed by atoms with van der Waals surface area (Å²) < 4.78 is 20.4. The van der Waals surface area contributed by atoms with Crippen molar-refractivity contribution in [3.05, 3.63) is 70.5 Å². The number of ketones is 1. The van der Waals surface area contributed by atoms with Gasteiger partial charge in [0.2, 0.25) is 0 Å². The maximum atomic E-state index is 14.8. The molecule has 170 valence electrons. The number of hydrogen-bond acceptors (Lipinski definition) is 5. The number of carbonyl (C=O) groups is 2. The number of halogens is 1. The zero-order valence-corrected chi connectivity index (χ0v) is 18.9. The van der Waals surface area contributed by atoms with Gasteiger partial charge in [-0.3, -0.25) is 9.59 Å². The van der Waals surface area contributed by atoms with Crippen LogP contribution in [0, 0.1) is 12.7 Å². The second-order valence-corrected chi connectivity index (χ2v) is 8.15. The van der Waals surface area contributed by atoms with Crippen molar-refractivity contribution in [3.63, 3.8) is 0 Å². The predicted octanol–water partition coefficient (Wildman–Crippen LogP) is 3.91. The molecule has 32 heavy (non-hydrogen) atoms. The first-order valence-electron chi connectivity index (χ1n) is 10.7. The third-order valence-electron chi connectivity index (χ3n) is 5.44. The quantitative estimate of drug-likeness (QED) is 0.383. The molecule has 1 aliphatic heterocycles. The summed E-state index contributed by atoms with van der Waals surface area (Å²) in [7, 11) is 3.69. The minimum atomic E-state index is -1.01. The minimum Gasteiger partial charge on any atom is -0.507 e. The van der Waals surface area contributed by atoms with Crippen molar-refractivity contribution in [2.24, 2.45) is 0 Å². The standard InChI is InChI=1S/C25H29FN2O4/c1-5-14-32-20-11-10-17(15-16(20)2)23(29)21-22(18-8-6-7-9-19(18)26)28(13-12-27(3)4)25(31)24(21)30/h6-11,15,22,29H,5,12-14H2,1-4H3/t22-/m0/s1. The van der Waals surface area contributed by atoms with Gasteiger partial charge in [0.1, 0.15) is 17.3 Å². The number of likely N-dealkylation sites (tertiary alicyclic amines) is 1. The number of aryl methyl sites for hydroxylation is 1. The Bertz CT molecular complexity index is 1050. The van der Waals surface area contributed by atoms with Crippen LogP contribution in [0.2, 0.25) is 0 Å². The SMILES string of the molecule is CCCOc1ccc(C(O)=C2C(=O)C(=O)N(CCN(C)C)[C@H]2c2ccccc2F)cc1C. The second-order valence-electron chi connectivity index (χ2n) is 8.15. The molecule has 2 aromatic carbocycles. The minimum absolute atomic E-state index is 0.111. The number of ether oxygens (including phenoxy) is 1. The van der Waals surface area contributed by atoms with Gasteiger partial charge in [-0.25, -0.2) is 4.39 Å². The van der Waals surface area contributed by atoms with Crippen LogP contribution in [0.25, 0.3) is 5.76 Å². The third-order valence-corrected chi connectivity index (χ3v) is 5.44. The Balaban J connectivity index is 2.11. The lowest BCUT2D eigenvalue weighted by Crippen LogP contribution is -2.35. The first-order chi connectivity index (χ1) is 15.3. The molecule has 6 nitrogen and oxygen atoms in total. The van der Waals surface area contributed by atoms with Gasteiger partial charge < -0.3 is 19.6 Å². The zero-order valence-electron chi connectivity index (χ0n) is 18.9. The summed E-state index contributed by atoms with van der Waals surface area (Å²) in [5.41, 5.74) is 1.22. The maximum Gasteiger partial charge on any atom is 0.295 e. The van der Waals surface area contributed by atoms with Crippen molar-refractivity contribution in [2.45, 2.75) is 26.3 Å². The van der Waals surface area contributed by atoms with E-state index in [0.717, 1.165) is 12.0 Å². The molecule has 1 heterocycles. The van der Waals surface area contributed by atoms with E-state index < -0.39 is 23.5 Å². The number of nitrogens with zero attached hydrogens (tertiary/aromatic N) is 2. The monoisotopic (exact) mass is 440 g/mol. The highest BCUT2D eigenvalue weighted by molar-refractivity contribution is 6.46. The number of carbonyl (C=O) groups excluding carboxylic acids is 2. The van der Waals surface area contributed by atoms with Crippen LogP contribution in [-0.4, -0.2) is 60.4 Å². The first kappa shape index (κ1) is 23.5. The van der Waals surface area contributed by atoms with Gasteiger partial charge in [-0.15, -0.1) is 0 Å². The predicted molar refractivity (Wildman–Crippen MR) is 121 cm³/mol. The number of hydrogen-bond donors (Lipinski definition) is 1. The van der Waals surface area contributed by atoms with E-state index >= 15 is 0 Å². The van der Waals surface area contributed by atoms with Gasteiger partial charge in [0.05, 0.1) is 18.2 Å². The summed E-state index contributed by atoms with van der Waals surface area (Å²) in [5, 5.41) is 11.1. The molecule has 1 saturated heterocycles. The summed E-state index contributed by atoms with van der Waals surface area (Å²) in [6.45, 7) is 5.12. The fourth-order valence-electron chi connectivity index (χ4n) is 3.76. The number of Topliss-reactive ketones (excluding diaryl/α,β-unsaturated/α-hetero) is 1. The topological polar surface area (TPSA) is 70.1 Å². The lowest BCUT2D eigenvalue weighted by Gasteiger charge is -2.26. The Hall–Kier alpha value is -3.19. The van der Waals surface area contributed by atoms with Gasteiger partial charge in [0.25, 0.3) is 11.7 Å². The van der Waals surface area contributed by atoms with E-state index in [2.05, 4.69) is 0 Å². The molecule has 1 amide bonds. The van der Waals surface area contributed by atoms with Gasteiger partial charge in [0.15, 0.2) is 0 Å². The molecule has 0 bridgehead atoms. The summed E-state index contributed by atoms with van der Waals surface area (Å²) in [6.07, 6.45) is 0.861. The van der Waals surface area contributed by atoms with Crippen molar-refractivity contribution in [3.8, 4) is 5.75 Å². The van der Waals surface area contributed by atoms with Gasteiger partial charge in [-0.1, -0.05) is 25.1 Å². The fraction of sp³-hybridized carbons (Fsp3) is 0.360. The average Bonchev–Trinajstić information content (AvgIpc) is 3.01. The van der Waals surface area contributed by atoms with Gasteiger partial charge in [-0.2, -0.15) is 0 Å². The van der Waals surface area contributed by atoms with Crippen LogP contribution in [0.5, 0.6) is 5.75 Å². The molecule has 1 N–H and O–H groups in total. The lowest BCUT2D eigenvalue weighted by atomic mass is 9.94. The molecule has 3 rings (SSSR count). The Kier molecular flexibility index (Phi) is 7.30. The molecule has 1 aliphatic rings. The fourth-order valence-corrected chi connectivity index (χ4v) is 3.76. The normalized spacial score (nSPS) is 17.9. The van der Waals surface area contributed by atoms with Crippen LogP contribution in [0.1, 0.15) is 36.1 Å². The van der Waals surface area contributed by atoms with E-state index in [4.69, 9.17) is 4.74 Å². The molecule has 0 saturated carbocycles. The van der Waals surface area contributed by atoms with E-state index in [1.807, 2.05) is 32.8 Å². The average molecular weight is 441 g/mol. The van der Waals surface area contributed by atoms with E-state index in [0.29, 0.717) is 24.5 Å². The summed E-state index contributed by atoms with van der Waals surface area (Å²) in [5.74, 6) is -1.76. The number of aliphatic hydroxyl groups is 1. The van der Waals surface area contributed by atoms with Crippen LogP contribution < -0.4 is 4.74 Å². The molecule has 2 aromatic rings. The van der Waals surface area contributed by atoms with Crippen molar-refractivity contribution in [1.29, 1.82) is 0 Å². The van der Waals surface area contributed by atoms with E-state index in [-0.39, 0.29) is 23.4 Å². The van der Waals surface area contributed by atoms with Crippen molar-refractivity contribution >= 4 is 17.4 Å². The summed E-state index contributed by atoms with van der Waals surface area (Å²) >= 11 is 0. The molecule has 1 atom stereocenters. The molecule has 1 fully saturated rings. The number of likely N-dealkylation sites (N-methyl/N-ethyl adjacent to an activating group) is 1. The van der Waals surface area contributed by atoms with Crippen LogP contribution in [0.3, 0.4) is 0 Å². The van der Waals surface area contributed by atoms with Crippen LogP contribution in [0.4, 0.5) is 4.39 Å². The second kappa shape index (κ2) is 9.96. The molecule has 0 aliphatic carbocycles. The highest BCUT2D eigenvalue weighted by Gasteiger charge is 2.46. The first-order valence-corrected chi connectivity index (χ1v) is 10.7. The van der Waals surface area contributed by atoms with Gasteiger partial charge in [0, 0.05) is 24.2 Å². The van der Waals surface area contributed by atoms with Crippen molar-refractivity contribution in [2.75, 3.05) is 33.8 Å². The Morgan fingerprint density at radius 1 is 1.19 bits per heavy atom. The molecular weight excluding hydrogens is 411 g/mol. The summed E-state index contributed by atoms with van der Waals surface area (Å²) in [6, 6.07) is 10.1. The molecule has 0 unspecified atom stereocenters. The van der Waals surface area contributed by atoms with Crippen LogP contribution in [0.15, 0.2) is 48.0 Å². The molecular formula is C25H29FN2O4. The van der Waals surface area contributed by atoms with Gasteiger partial charge >= 0.3 is 0 Å². The Morgan fingerprint density at radius 3 is 2.53 bits per heavy atom. The smallest absolute Gasteiger partial charge is 0.295 e. The highest BCUT2D eigenvalue weighted by Crippen LogP contribution is 2.40. The third kappa shape index (κ3) is 4.67. The van der Waals surface area contributed by atoms with E-state index in [1.165, 1.54) is 17.0 Å². The van der Waals surface area contributed by atoms with Crippen molar-refractivity contribution < 1.29 is 23.8 Å². The van der Waals surface area contributed by atoms with Gasteiger partial charge in [-0.05, 0) is 57.3 Å². The maximum absolute atomic E-state index is 14.8. The number of benzene rings is 2. The number of amides is 1. The van der Waals surface area contributed by atoms with Crippen LogP contribution in [-0.2, 0) is 9.59 Å². The van der Waals surface area contributed by atoms with E-state index in [9.17, 15) is 19.1 Å².